The van der Waals surface area contributed by atoms with Crippen molar-refractivity contribution in [2.75, 3.05) is 6.54 Å². The number of carbonyl (C=O) groups excluding carboxylic acids is 1. The van der Waals surface area contributed by atoms with Crippen LogP contribution >= 0.6 is 0 Å². The van der Waals surface area contributed by atoms with Crippen molar-refractivity contribution in [2.24, 2.45) is 5.73 Å². The Balaban J connectivity index is 0.00000169. The summed E-state index contributed by atoms with van der Waals surface area (Å²) in [6.07, 6.45) is 0. The maximum Gasteiger partial charge on any atom is 1.00 e. The van der Waals surface area contributed by atoms with E-state index in [1.54, 1.807) is 0 Å². The molecule has 0 saturated heterocycles. The number of hydrogen-bond donors (Lipinski definition) is 1. The average Bonchev–Trinajstić information content (AvgIpc) is 2.18. The third-order valence-corrected chi connectivity index (χ3v) is 1.74. The molecule has 0 spiro atoms. The Morgan fingerprint density at radius 1 is 1.43 bits per heavy atom. The van der Waals surface area contributed by atoms with E-state index in [9.17, 15) is 4.79 Å². The van der Waals surface area contributed by atoms with Crippen molar-refractivity contribution in [1.82, 2.24) is 0 Å². The minimum Gasteiger partial charge on any atom is -0.652 e. The van der Waals surface area contributed by atoms with E-state index in [-0.39, 0.29) is 57.3 Å². The summed E-state index contributed by atoms with van der Waals surface area (Å²) >= 11 is 0. The third-order valence-electron chi connectivity index (χ3n) is 1.74. The molecule has 0 heterocycles. The van der Waals surface area contributed by atoms with Gasteiger partial charge in [-0.25, -0.2) is 0 Å². The van der Waals surface area contributed by atoms with Gasteiger partial charge in [0.25, 0.3) is 0 Å². The molecule has 0 radical (unpaired) electrons. The molecule has 1 amide bonds. The van der Waals surface area contributed by atoms with Gasteiger partial charge in [0.05, 0.1) is 11.9 Å². The Hall–Kier alpha value is 0.286. The van der Waals surface area contributed by atoms with Gasteiger partial charge in [0.1, 0.15) is 0 Å². The summed E-state index contributed by atoms with van der Waals surface area (Å²) in [5.41, 5.74) is 6.49. The van der Waals surface area contributed by atoms with Crippen molar-refractivity contribution in [3.8, 4) is 0 Å². The van der Waals surface area contributed by atoms with Crippen LogP contribution in [0.2, 0.25) is 0 Å². The zero-order valence-corrected chi connectivity index (χ0v) is 11.7. The molecule has 0 aliphatic carbocycles. The van der Waals surface area contributed by atoms with Gasteiger partial charge in [0.2, 0.25) is 0 Å². The van der Waals surface area contributed by atoms with Crippen LogP contribution in [0.5, 0.6) is 0 Å². The molecule has 70 valence electrons. The Bertz CT molecular complexity index is 277. The van der Waals surface area contributed by atoms with Crippen LogP contribution in [-0.4, -0.2) is 12.5 Å². The summed E-state index contributed by atoms with van der Waals surface area (Å²) in [6, 6.07) is 8.64. The predicted molar refractivity (Wildman–Crippen MR) is 52.3 cm³/mol. The first-order valence-corrected chi connectivity index (χ1v) is 4.27. The van der Waals surface area contributed by atoms with Crippen molar-refractivity contribution in [3.05, 3.63) is 41.2 Å². The van der Waals surface area contributed by atoms with Gasteiger partial charge in [-0.05, 0) is 5.56 Å². The van der Waals surface area contributed by atoms with Gasteiger partial charge in [-0.1, -0.05) is 37.3 Å². The molecule has 0 saturated carbocycles. The molecular formula is C10H13KN2O. The van der Waals surface area contributed by atoms with Crippen LogP contribution < -0.4 is 57.1 Å². The number of benzene rings is 1. The van der Waals surface area contributed by atoms with E-state index >= 15 is 0 Å². The first-order chi connectivity index (χ1) is 6.25. The van der Waals surface area contributed by atoms with Crippen molar-refractivity contribution >= 4 is 5.91 Å². The fourth-order valence-electron chi connectivity index (χ4n) is 1.06. The van der Waals surface area contributed by atoms with E-state index in [0.29, 0.717) is 6.54 Å². The molecule has 0 aliphatic rings. The Morgan fingerprint density at radius 2 is 2.00 bits per heavy atom. The molecule has 1 aromatic carbocycles. The molecule has 1 aromatic rings. The fourth-order valence-corrected chi connectivity index (χ4v) is 1.06. The molecule has 4 heteroatoms. The zero-order valence-electron chi connectivity index (χ0n) is 8.60. The van der Waals surface area contributed by atoms with Gasteiger partial charge < -0.3 is 15.8 Å². The van der Waals surface area contributed by atoms with E-state index < -0.39 is 6.04 Å². The Labute approximate surface area is 127 Å². The van der Waals surface area contributed by atoms with Crippen LogP contribution in [0.1, 0.15) is 18.5 Å². The molecule has 1 rings (SSSR count). The van der Waals surface area contributed by atoms with Gasteiger partial charge in [-0.3, -0.25) is 0 Å². The van der Waals surface area contributed by atoms with E-state index in [2.05, 4.69) is 5.32 Å². The van der Waals surface area contributed by atoms with Crippen molar-refractivity contribution in [1.29, 1.82) is 0 Å². The summed E-state index contributed by atoms with van der Waals surface area (Å²) in [6.45, 7) is 2.30. The van der Waals surface area contributed by atoms with Crippen molar-refractivity contribution < 1.29 is 56.2 Å². The molecule has 1 atom stereocenters. The normalized spacial score (nSPS) is 11.3. The topological polar surface area (TPSA) is 57.2 Å². The molecule has 0 aromatic heterocycles. The number of rotatable bonds is 3. The van der Waals surface area contributed by atoms with Crippen LogP contribution in [0.4, 0.5) is 0 Å². The summed E-state index contributed by atoms with van der Waals surface area (Å²) in [4.78, 5) is 11.3. The van der Waals surface area contributed by atoms with Crippen molar-refractivity contribution in [3.63, 3.8) is 0 Å². The minimum atomic E-state index is -0.610. The number of amides is 1. The Morgan fingerprint density at radius 3 is 2.50 bits per heavy atom. The van der Waals surface area contributed by atoms with Crippen LogP contribution in [-0.2, 0) is 4.79 Å². The molecule has 0 aliphatic heterocycles. The molecule has 14 heavy (non-hydrogen) atoms. The summed E-state index contributed by atoms with van der Waals surface area (Å²) in [7, 11) is 0. The van der Waals surface area contributed by atoms with E-state index in [1.165, 1.54) is 0 Å². The molecule has 0 bridgehead atoms. The first-order valence-electron chi connectivity index (χ1n) is 4.27. The first kappa shape index (κ1) is 14.3. The maximum atomic E-state index is 11.3. The second kappa shape index (κ2) is 7.56. The number of hydrogen-bond acceptors (Lipinski definition) is 2. The molecule has 3 nitrogen and oxygen atoms in total. The van der Waals surface area contributed by atoms with Gasteiger partial charge in [-0.15, -0.1) is 6.54 Å². The van der Waals surface area contributed by atoms with Gasteiger partial charge in [-0.2, -0.15) is 0 Å². The van der Waals surface area contributed by atoms with Crippen LogP contribution in [0.25, 0.3) is 5.32 Å². The standard InChI is InChI=1S/C10H14N2O.K/c1-2-12-10(13)9(11)8-6-4-3-5-7-8;/h3-7,9H,2,11H2,1H3,(H,12,13);/q;+1/p-1. The Kier molecular flexibility index (Phi) is 7.72. The SMILES string of the molecule is CC[N-]C(=O)C(N)c1ccccc1.[K+]. The van der Waals surface area contributed by atoms with Crippen LogP contribution in [0, 0.1) is 0 Å². The number of nitrogens with zero attached hydrogens (tertiary/aromatic N) is 1. The predicted octanol–water partition coefficient (Wildman–Crippen LogP) is -1.39. The average molecular weight is 216 g/mol. The van der Waals surface area contributed by atoms with E-state index in [0.717, 1.165) is 5.56 Å². The molecular weight excluding hydrogens is 203 g/mol. The van der Waals surface area contributed by atoms with E-state index in [4.69, 9.17) is 5.73 Å². The summed E-state index contributed by atoms with van der Waals surface area (Å²) in [5.74, 6) is -0.256. The van der Waals surface area contributed by atoms with Gasteiger partial charge in [0, 0.05) is 0 Å². The monoisotopic (exact) mass is 216 g/mol. The smallest absolute Gasteiger partial charge is 0.652 e. The minimum absolute atomic E-state index is 0. The largest absolute Gasteiger partial charge is 1.00 e. The number of nitrogens with two attached hydrogens (primary N) is 1. The quantitative estimate of drug-likeness (QED) is 0.633. The molecule has 1 unspecified atom stereocenters. The summed E-state index contributed by atoms with van der Waals surface area (Å²) in [5, 5.41) is 3.74. The second-order valence-corrected chi connectivity index (χ2v) is 2.70. The number of carbonyl (C=O) groups is 1. The van der Waals surface area contributed by atoms with Crippen molar-refractivity contribution in [2.45, 2.75) is 13.0 Å². The molecule has 2 N–H and O–H groups in total. The number of likely N-dealkylation sites (N-methyl/N-ethyl adjacent to an activating group) is 1. The van der Waals surface area contributed by atoms with Crippen LogP contribution in [0.3, 0.4) is 0 Å². The van der Waals surface area contributed by atoms with E-state index in [1.807, 2.05) is 37.3 Å². The maximum absolute atomic E-state index is 11.3. The summed E-state index contributed by atoms with van der Waals surface area (Å²) < 4.78 is 0. The van der Waals surface area contributed by atoms with Crippen LogP contribution in [0.15, 0.2) is 30.3 Å². The fraction of sp³-hybridized carbons (Fsp3) is 0.300. The third kappa shape index (κ3) is 4.21. The van der Waals surface area contributed by atoms with Gasteiger partial charge >= 0.3 is 51.4 Å². The molecule has 0 fully saturated rings. The van der Waals surface area contributed by atoms with Gasteiger partial charge in [0.15, 0.2) is 0 Å². The zero-order chi connectivity index (χ0) is 9.68. The second-order valence-electron chi connectivity index (χ2n) is 2.70.